The predicted octanol–water partition coefficient (Wildman–Crippen LogP) is 4.60. The summed E-state index contributed by atoms with van der Waals surface area (Å²) in [5.74, 6) is 0.222. The molecule has 2 amide bonds. The van der Waals surface area contributed by atoms with Crippen molar-refractivity contribution in [2.45, 2.75) is 13.0 Å². The van der Waals surface area contributed by atoms with Crippen LogP contribution in [0.25, 0.3) is 0 Å². The fraction of sp³-hybridized carbons (Fsp3) is 0.211. The van der Waals surface area contributed by atoms with E-state index in [0.29, 0.717) is 16.3 Å². The van der Waals surface area contributed by atoms with Crippen LogP contribution in [0.3, 0.4) is 0 Å². The lowest BCUT2D eigenvalue weighted by atomic mass is 10.1. The molecular weight excluding hydrogens is 370 g/mol. The number of carbonyl (C=O) groups excluding carboxylic acids is 2. The molecule has 2 aromatic rings. The van der Waals surface area contributed by atoms with E-state index in [-0.39, 0.29) is 12.3 Å². The molecular formula is C19H18ClN3O4. The number of halogens is 1. The Morgan fingerprint density at radius 1 is 1.26 bits per heavy atom. The van der Waals surface area contributed by atoms with Gasteiger partial charge in [-0.3, -0.25) is 10.2 Å². The Morgan fingerprint density at radius 3 is 2.56 bits per heavy atom. The maximum atomic E-state index is 12.6. The molecule has 0 spiro atoms. The van der Waals surface area contributed by atoms with Gasteiger partial charge in [0.25, 0.3) is 0 Å². The molecule has 0 saturated carbocycles. The Hall–Kier alpha value is -3.24. The summed E-state index contributed by atoms with van der Waals surface area (Å²) in [6, 6.07) is 14.3. The van der Waals surface area contributed by atoms with Crippen molar-refractivity contribution in [3.63, 3.8) is 0 Å². The third-order valence-corrected chi connectivity index (χ3v) is 3.92. The predicted molar refractivity (Wildman–Crippen MR) is 101 cm³/mol. The number of benzene rings is 2. The Kier molecular flexibility index (Phi) is 7.03. The van der Waals surface area contributed by atoms with Gasteiger partial charge in [0.05, 0.1) is 13.2 Å². The Morgan fingerprint density at radius 2 is 1.96 bits per heavy atom. The zero-order valence-corrected chi connectivity index (χ0v) is 15.6. The average molecular weight is 388 g/mol. The van der Waals surface area contributed by atoms with E-state index in [2.05, 4.69) is 16.1 Å². The van der Waals surface area contributed by atoms with Gasteiger partial charge in [0.2, 0.25) is 0 Å². The van der Waals surface area contributed by atoms with E-state index in [4.69, 9.17) is 16.3 Å². The van der Waals surface area contributed by atoms with Crippen LogP contribution >= 0.6 is 11.6 Å². The summed E-state index contributed by atoms with van der Waals surface area (Å²) < 4.78 is 9.89. The molecule has 7 nitrogen and oxygen atoms in total. The normalized spacial score (nSPS) is 11.0. The van der Waals surface area contributed by atoms with Gasteiger partial charge in [0, 0.05) is 23.3 Å². The third-order valence-electron chi connectivity index (χ3n) is 3.67. The quantitative estimate of drug-likeness (QED) is 0.809. The number of carbonyl (C=O) groups is 2. The fourth-order valence-corrected chi connectivity index (χ4v) is 2.48. The largest absolute Gasteiger partial charge is 0.453 e. The molecule has 0 saturated heterocycles. The van der Waals surface area contributed by atoms with Gasteiger partial charge in [-0.15, -0.1) is 0 Å². The molecule has 1 N–H and O–H groups in total. The molecule has 0 radical (unpaired) electrons. The van der Waals surface area contributed by atoms with Crippen LogP contribution < -0.4 is 10.1 Å². The minimum Gasteiger partial charge on any atom is -0.453 e. The highest BCUT2D eigenvalue weighted by Gasteiger charge is 2.25. The summed E-state index contributed by atoms with van der Waals surface area (Å²) in [7, 11) is 1.25. The van der Waals surface area contributed by atoms with Gasteiger partial charge in [-0.1, -0.05) is 29.8 Å². The zero-order valence-electron chi connectivity index (χ0n) is 14.8. The molecule has 1 unspecified atom stereocenters. The average Bonchev–Trinajstić information content (AvgIpc) is 2.67. The maximum absolute atomic E-state index is 12.6. The number of methoxy groups -OCH3 is 1. The standard InChI is InChI=1S/C19H18ClN3O4/c1-3-23(17(12-21)13-7-9-14(20)10-8-13)19(25)27-16-6-4-5-15(11-16)22-18(24)26-2/h4-11,17H,3H2,1-2H3,(H,22,24). The Labute approximate surface area is 162 Å². The van der Waals surface area contributed by atoms with Crippen LogP contribution in [0, 0.1) is 11.3 Å². The van der Waals surface area contributed by atoms with Crippen LogP contribution in [0.4, 0.5) is 15.3 Å². The second kappa shape index (κ2) is 9.46. The molecule has 0 aromatic heterocycles. The zero-order chi connectivity index (χ0) is 19.8. The Bertz CT molecular complexity index is 849. The summed E-state index contributed by atoms with van der Waals surface area (Å²) >= 11 is 5.88. The molecule has 2 aromatic carbocycles. The highest BCUT2D eigenvalue weighted by atomic mass is 35.5. The van der Waals surface area contributed by atoms with Gasteiger partial charge in [-0.2, -0.15) is 5.26 Å². The molecule has 1 atom stereocenters. The van der Waals surface area contributed by atoms with E-state index < -0.39 is 18.2 Å². The summed E-state index contributed by atoms with van der Waals surface area (Å²) in [6.07, 6.45) is -1.32. The van der Waals surface area contributed by atoms with Crippen LogP contribution in [0.1, 0.15) is 18.5 Å². The van der Waals surface area contributed by atoms with Crippen molar-refractivity contribution < 1.29 is 19.1 Å². The van der Waals surface area contributed by atoms with Crippen LogP contribution in [0.15, 0.2) is 48.5 Å². The lowest BCUT2D eigenvalue weighted by molar-refractivity contribution is 0.145. The number of rotatable bonds is 5. The van der Waals surface area contributed by atoms with Gasteiger partial charge in [0.15, 0.2) is 0 Å². The van der Waals surface area contributed by atoms with Crippen molar-refractivity contribution in [2.75, 3.05) is 19.0 Å². The topological polar surface area (TPSA) is 91.7 Å². The molecule has 0 fully saturated rings. The SMILES string of the molecule is CCN(C(=O)Oc1cccc(NC(=O)OC)c1)C(C#N)c1ccc(Cl)cc1. The number of nitriles is 1. The molecule has 0 heterocycles. The first-order valence-electron chi connectivity index (χ1n) is 8.07. The molecule has 2 rings (SSSR count). The van der Waals surface area contributed by atoms with Gasteiger partial charge in [-0.25, -0.2) is 9.59 Å². The number of hydrogen-bond donors (Lipinski definition) is 1. The summed E-state index contributed by atoms with van der Waals surface area (Å²) in [4.78, 5) is 25.2. The van der Waals surface area contributed by atoms with Gasteiger partial charge >= 0.3 is 12.2 Å². The van der Waals surface area contributed by atoms with E-state index in [1.54, 1.807) is 49.4 Å². The fourth-order valence-electron chi connectivity index (χ4n) is 2.35. The number of nitrogens with zero attached hydrogens (tertiary/aromatic N) is 2. The van der Waals surface area contributed by atoms with E-state index >= 15 is 0 Å². The Balaban J connectivity index is 2.16. The minimum absolute atomic E-state index is 0.222. The minimum atomic E-state index is -0.823. The molecule has 8 heteroatoms. The van der Waals surface area contributed by atoms with Gasteiger partial charge in [0.1, 0.15) is 11.8 Å². The number of hydrogen-bond acceptors (Lipinski definition) is 5. The third kappa shape index (κ3) is 5.36. The van der Waals surface area contributed by atoms with Gasteiger partial charge in [-0.05, 0) is 36.8 Å². The number of ether oxygens (including phenoxy) is 2. The lowest BCUT2D eigenvalue weighted by Gasteiger charge is -2.25. The van der Waals surface area contributed by atoms with Crippen LogP contribution in [-0.2, 0) is 4.74 Å². The second-order valence-electron chi connectivity index (χ2n) is 5.38. The van der Waals surface area contributed by atoms with Crippen molar-refractivity contribution in [3.8, 4) is 11.8 Å². The van der Waals surface area contributed by atoms with Crippen molar-refractivity contribution in [2.24, 2.45) is 0 Å². The first kappa shape index (κ1) is 20.1. The van der Waals surface area contributed by atoms with Gasteiger partial charge < -0.3 is 9.47 Å². The van der Waals surface area contributed by atoms with Crippen molar-refractivity contribution in [3.05, 3.63) is 59.1 Å². The second-order valence-corrected chi connectivity index (χ2v) is 5.82. The summed E-state index contributed by atoms with van der Waals surface area (Å²) in [6.45, 7) is 2.01. The number of amides is 2. The van der Waals surface area contributed by atoms with E-state index in [1.165, 1.54) is 18.1 Å². The first-order chi connectivity index (χ1) is 13.0. The summed E-state index contributed by atoms with van der Waals surface area (Å²) in [5.41, 5.74) is 1.03. The lowest BCUT2D eigenvalue weighted by Crippen LogP contribution is -2.36. The highest BCUT2D eigenvalue weighted by Crippen LogP contribution is 2.24. The van der Waals surface area contributed by atoms with Crippen molar-refractivity contribution in [1.29, 1.82) is 5.26 Å². The number of anilines is 1. The molecule has 0 aliphatic heterocycles. The molecule has 0 bridgehead atoms. The smallest absolute Gasteiger partial charge is 0.416 e. The number of nitrogens with one attached hydrogen (secondary N) is 1. The molecule has 0 aliphatic rings. The van der Waals surface area contributed by atoms with E-state index in [1.807, 2.05) is 0 Å². The molecule has 0 aliphatic carbocycles. The van der Waals surface area contributed by atoms with Crippen molar-refractivity contribution in [1.82, 2.24) is 4.90 Å². The van der Waals surface area contributed by atoms with Crippen LogP contribution in [0.2, 0.25) is 5.02 Å². The highest BCUT2D eigenvalue weighted by molar-refractivity contribution is 6.30. The first-order valence-corrected chi connectivity index (χ1v) is 8.44. The van der Waals surface area contributed by atoms with E-state index in [0.717, 1.165) is 0 Å². The van der Waals surface area contributed by atoms with Crippen LogP contribution in [0.5, 0.6) is 5.75 Å². The molecule has 140 valence electrons. The summed E-state index contributed by atoms with van der Waals surface area (Å²) in [5, 5.41) is 12.6. The van der Waals surface area contributed by atoms with Crippen molar-refractivity contribution >= 4 is 29.5 Å². The van der Waals surface area contributed by atoms with E-state index in [9.17, 15) is 14.9 Å². The maximum Gasteiger partial charge on any atom is 0.416 e. The monoisotopic (exact) mass is 387 g/mol. The van der Waals surface area contributed by atoms with Crippen LogP contribution in [-0.4, -0.2) is 30.7 Å². The molecule has 27 heavy (non-hydrogen) atoms.